The molecule has 0 spiro atoms. The summed E-state index contributed by atoms with van der Waals surface area (Å²) < 4.78 is 24.7. The first-order chi connectivity index (χ1) is 8.96. The lowest BCUT2D eigenvalue weighted by molar-refractivity contribution is 0.565. The van der Waals surface area contributed by atoms with Crippen molar-refractivity contribution in [3.8, 4) is 0 Å². The fourth-order valence-corrected chi connectivity index (χ4v) is 2.94. The highest BCUT2D eigenvalue weighted by molar-refractivity contribution is 7.88. The molecule has 1 aliphatic heterocycles. The third kappa shape index (κ3) is 4.14. The van der Waals surface area contributed by atoms with Crippen molar-refractivity contribution in [1.82, 2.24) is 14.7 Å². The summed E-state index contributed by atoms with van der Waals surface area (Å²) in [7, 11) is -3.10. The molecule has 2 heterocycles. The fourth-order valence-electron chi connectivity index (χ4n) is 2.45. The van der Waals surface area contributed by atoms with Gasteiger partial charge >= 0.3 is 0 Å². The molecular formula is C12H20N4O2S. The van der Waals surface area contributed by atoms with Gasteiger partial charge in [0.2, 0.25) is 10.0 Å². The minimum absolute atomic E-state index is 0.351. The zero-order valence-electron chi connectivity index (χ0n) is 11.3. The van der Waals surface area contributed by atoms with Crippen LogP contribution in [0.5, 0.6) is 0 Å². The minimum atomic E-state index is -3.10. The Morgan fingerprint density at radius 2 is 2.32 bits per heavy atom. The Hall–Kier alpha value is -1.21. The summed E-state index contributed by atoms with van der Waals surface area (Å²) in [5.41, 5.74) is 0. The van der Waals surface area contributed by atoms with E-state index in [4.69, 9.17) is 0 Å². The highest BCUT2D eigenvalue weighted by Gasteiger charge is 2.25. The van der Waals surface area contributed by atoms with Crippen LogP contribution < -0.4 is 9.62 Å². The van der Waals surface area contributed by atoms with E-state index < -0.39 is 10.0 Å². The normalized spacial score (nSPS) is 19.9. The van der Waals surface area contributed by atoms with Gasteiger partial charge in [0.05, 0.1) is 6.26 Å². The summed E-state index contributed by atoms with van der Waals surface area (Å²) in [6.07, 6.45) is 5.95. The molecule has 0 aliphatic carbocycles. The third-order valence-corrected chi connectivity index (χ3v) is 4.00. The Balaban J connectivity index is 1.97. The average molecular weight is 284 g/mol. The van der Waals surface area contributed by atoms with E-state index in [1.165, 1.54) is 6.26 Å². The molecule has 19 heavy (non-hydrogen) atoms. The molecule has 1 aliphatic rings. The first-order valence-electron chi connectivity index (χ1n) is 6.46. The lowest BCUT2D eigenvalue weighted by Gasteiger charge is -2.25. The molecule has 6 nitrogen and oxygen atoms in total. The molecule has 1 fully saturated rings. The van der Waals surface area contributed by atoms with Crippen LogP contribution >= 0.6 is 0 Å². The Kier molecular flexibility index (Phi) is 4.36. The molecule has 0 amide bonds. The zero-order valence-corrected chi connectivity index (χ0v) is 12.2. The zero-order chi connectivity index (χ0) is 13.9. The van der Waals surface area contributed by atoms with E-state index in [1.807, 2.05) is 13.0 Å². The summed E-state index contributed by atoms with van der Waals surface area (Å²) in [5.74, 6) is 1.70. The van der Waals surface area contributed by atoms with Crippen molar-refractivity contribution in [3.63, 3.8) is 0 Å². The van der Waals surface area contributed by atoms with E-state index in [-0.39, 0.29) is 0 Å². The SMILES string of the molecule is Cc1nccc(N2CCC[C@H]2CCNS(C)(=O)=O)n1. The van der Waals surface area contributed by atoms with E-state index in [2.05, 4.69) is 19.6 Å². The minimum Gasteiger partial charge on any atom is -0.353 e. The van der Waals surface area contributed by atoms with Gasteiger partial charge in [-0.1, -0.05) is 0 Å². The van der Waals surface area contributed by atoms with Crippen molar-refractivity contribution >= 4 is 15.8 Å². The Morgan fingerprint density at radius 3 is 3.00 bits per heavy atom. The van der Waals surface area contributed by atoms with E-state index in [1.54, 1.807) is 6.20 Å². The number of sulfonamides is 1. The Morgan fingerprint density at radius 1 is 1.53 bits per heavy atom. The molecule has 0 radical (unpaired) electrons. The van der Waals surface area contributed by atoms with Crippen LogP contribution in [0.2, 0.25) is 0 Å². The second-order valence-corrected chi connectivity index (χ2v) is 6.74. The molecule has 106 valence electrons. The van der Waals surface area contributed by atoms with Crippen molar-refractivity contribution < 1.29 is 8.42 Å². The summed E-state index contributed by atoms with van der Waals surface area (Å²) in [6, 6.07) is 2.26. The number of nitrogens with one attached hydrogen (secondary N) is 1. The number of hydrogen-bond donors (Lipinski definition) is 1. The molecule has 1 aromatic rings. The number of anilines is 1. The third-order valence-electron chi connectivity index (χ3n) is 3.27. The largest absolute Gasteiger partial charge is 0.353 e. The second kappa shape index (κ2) is 5.83. The van der Waals surface area contributed by atoms with E-state index >= 15 is 0 Å². The van der Waals surface area contributed by atoms with Gasteiger partial charge in [0, 0.05) is 25.3 Å². The van der Waals surface area contributed by atoms with Crippen LogP contribution in [0.4, 0.5) is 5.82 Å². The van der Waals surface area contributed by atoms with E-state index in [0.717, 1.165) is 37.4 Å². The average Bonchev–Trinajstić information content (AvgIpc) is 2.75. The highest BCUT2D eigenvalue weighted by Crippen LogP contribution is 2.25. The predicted octanol–water partition coefficient (Wildman–Crippen LogP) is 0.693. The van der Waals surface area contributed by atoms with Crippen molar-refractivity contribution in [2.75, 3.05) is 24.2 Å². The number of rotatable bonds is 5. The van der Waals surface area contributed by atoms with Crippen LogP contribution in [0, 0.1) is 6.92 Å². The number of aryl methyl sites for hydroxylation is 1. The molecule has 1 N–H and O–H groups in total. The summed E-state index contributed by atoms with van der Waals surface area (Å²) in [5, 5.41) is 0. The van der Waals surface area contributed by atoms with Crippen molar-refractivity contribution in [1.29, 1.82) is 0 Å². The smallest absolute Gasteiger partial charge is 0.208 e. The molecule has 1 saturated heterocycles. The molecule has 2 rings (SSSR count). The first-order valence-corrected chi connectivity index (χ1v) is 8.36. The lowest BCUT2D eigenvalue weighted by atomic mass is 10.1. The van der Waals surface area contributed by atoms with Gasteiger partial charge in [-0.25, -0.2) is 23.1 Å². The topological polar surface area (TPSA) is 75.2 Å². The van der Waals surface area contributed by atoms with Gasteiger partial charge in [-0.05, 0) is 32.3 Å². The number of aromatic nitrogens is 2. The van der Waals surface area contributed by atoms with Gasteiger partial charge in [-0.15, -0.1) is 0 Å². The Bertz CT molecular complexity index is 532. The maximum Gasteiger partial charge on any atom is 0.208 e. The molecular weight excluding hydrogens is 264 g/mol. The van der Waals surface area contributed by atoms with Crippen molar-refractivity contribution in [2.24, 2.45) is 0 Å². The summed E-state index contributed by atoms with van der Waals surface area (Å²) in [4.78, 5) is 10.8. The van der Waals surface area contributed by atoms with Crippen LogP contribution in [-0.4, -0.2) is 43.8 Å². The van der Waals surface area contributed by atoms with Gasteiger partial charge < -0.3 is 4.90 Å². The highest BCUT2D eigenvalue weighted by atomic mass is 32.2. The van der Waals surface area contributed by atoms with Gasteiger partial charge in [0.1, 0.15) is 11.6 Å². The number of hydrogen-bond acceptors (Lipinski definition) is 5. The Labute approximate surface area is 114 Å². The molecule has 7 heteroatoms. The molecule has 1 aromatic heterocycles. The molecule has 0 unspecified atom stereocenters. The number of nitrogens with zero attached hydrogens (tertiary/aromatic N) is 3. The summed E-state index contributed by atoms with van der Waals surface area (Å²) in [6.45, 7) is 3.32. The van der Waals surface area contributed by atoms with E-state index in [9.17, 15) is 8.42 Å². The van der Waals surface area contributed by atoms with Crippen molar-refractivity contribution in [3.05, 3.63) is 18.1 Å². The van der Waals surface area contributed by atoms with Crippen LogP contribution in [0.15, 0.2) is 12.3 Å². The lowest BCUT2D eigenvalue weighted by Crippen LogP contribution is -2.34. The van der Waals surface area contributed by atoms with Crippen LogP contribution in [0.3, 0.4) is 0 Å². The van der Waals surface area contributed by atoms with Crippen LogP contribution in [0.25, 0.3) is 0 Å². The van der Waals surface area contributed by atoms with Crippen molar-refractivity contribution in [2.45, 2.75) is 32.2 Å². The van der Waals surface area contributed by atoms with E-state index in [0.29, 0.717) is 12.6 Å². The molecule has 0 saturated carbocycles. The standard InChI is InChI=1S/C12H20N4O2S/c1-10-13-7-6-12(15-10)16-9-3-4-11(16)5-8-14-19(2,17)18/h6-7,11,14H,3-5,8-9H2,1-2H3/t11-/m0/s1. The van der Waals surface area contributed by atoms with Gasteiger partial charge in [0.15, 0.2) is 0 Å². The maximum atomic E-state index is 11.1. The quantitative estimate of drug-likeness (QED) is 0.861. The van der Waals surface area contributed by atoms with Gasteiger partial charge in [-0.2, -0.15) is 0 Å². The molecule has 0 aromatic carbocycles. The summed E-state index contributed by atoms with van der Waals surface area (Å²) >= 11 is 0. The molecule has 1 atom stereocenters. The second-order valence-electron chi connectivity index (χ2n) is 4.91. The first kappa shape index (κ1) is 14.2. The van der Waals surface area contributed by atoms with Gasteiger partial charge in [0.25, 0.3) is 0 Å². The van der Waals surface area contributed by atoms with Crippen LogP contribution in [0.1, 0.15) is 25.1 Å². The predicted molar refractivity (Wildman–Crippen MR) is 74.6 cm³/mol. The fraction of sp³-hybridized carbons (Fsp3) is 0.667. The van der Waals surface area contributed by atoms with Crippen LogP contribution in [-0.2, 0) is 10.0 Å². The monoisotopic (exact) mass is 284 g/mol. The molecule has 0 bridgehead atoms. The maximum absolute atomic E-state index is 11.1. The van der Waals surface area contributed by atoms with Gasteiger partial charge in [-0.3, -0.25) is 0 Å².